The zero-order valence-corrected chi connectivity index (χ0v) is 13.9. The maximum Gasteiger partial charge on any atom is 0.336 e. The van der Waals surface area contributed by atoms with Gasteiger partial charge >= 0.3 is 5.63 Å². The third-order valence-electron chi connectivity index (χ3n) is 4.37. The number of fused-ring (bicyclic) bond motifs is 1. The standard InChI is InChI=1S/C20H18O5/c1-3-11(2)19(24)18-15(22)10-14(21)17-13(9-16(23)25-20(17)18)12-7-5-4-6-8-12/h4-11,21-22H,3H2,1-2H3/t11-/m1/s1. The number of Topliss-reactive ketones (excluding diaryl/α,β-unsaturated/α-hetero) is 1. The van der Waals surface area contributed by atoms with E-state index in [1.54, 1.807) is 31.2 Å². The van der Waals surface area contributed by atoms with Crippen molar-refractivity contribution in [2.75, 3.05) is 0 Å². The largest absolute Gasteiger partial charge is 0.507 e. The first-order chi connectivity index (χ1) is 11.9. The van der Waals surface area contributed by atoms with Crippen molar-refractivity contribution in [3.05, 3.63) is 58.4 Å². The van der Waals surface area contributed by atoms with Gasteiger partial charge in [-0.05, 0) is 12.0 Å². The predicted molar refractivity (Wildman–Crippen MR) is 95.0 cm³/mol. The van der Waals surface area contributed by atoms with Crippen LogP contribution in [0, 0.1) is 5.92 Å². The van der Waals surface area contributed by atoms with Gasteiger partial charge in [0.1, 0.15) is 17.1 Å². The molecule has 0 radical (unpaired) electrons. The summed E-state index contributed by atoms with van der Waals surface area (Å²) >= 11 is 0. The molecular weight excluding hydrogens is 320 g/mol. The summed E-state index contributed by atoms with van der Waals surface area (Å²) in [5, 5.41) is 20.8. The Morgan fingerprint density at radius 2 is 1.80 bits per heavy atom. The molecule has 0 bridgehead atoms. The van der Waals surface area contributed by atoms with Crippen molar-refractivity contribution >= 4 is 16.8 Å². The molecule has 1 atom stereocenters. The zero-order chi connectivity index (χ0) is 18.1. The van der Waals surface area contributed by atoms with Gasteiger partial charge in [0.15, 0.2) is 11.4 Å². The van der Waals surface area contributed by atoms with E-state index < -0.39 is 11.4 Å². The van der Waals surface area contributed by atoms with E-state index in [1.807, 2.05) is 13.0 Å². The second-order valence-electron chi connectivity index (χ2n) is 6.01. The molecule has 5 heteroatoms. The number of aromatic hydroxyl groups is 2. The molecule has 0 saturated carbocycles. The molecule has 2 aromatic carbocycles. The van der Waals surface area contributed by atoms with E-state index in [4.69, 9.17) is 4.42 Å². The summed E-state index contributed by atoms with van der Waals surface area (Å²) in [6.45, 7) is 3.59. The monoisotopic (exact) mass is 338 g/mol. The van der Waals surface area contributed by atoms with Crippen molar-refractivity contribution in [1.29, 1.82) is 0 Å². The van der Waals surface area contributed by atoms with Gasteiger partial charge < -0.3 is 14.6 Å². The van der Waals surface area contributed by atoms with Gasteiger partial charge in [-0.15, -0.1) is 0 Å². The van der Waals surface area contributed by atoms with Crippen LogP contribution in [0.25, 0.3) is 22.1 Å². The minimum absolute atomic E-state index is 0.0722. The number of phenols is 2. The van der Waals surface area contributed by atoms with Crippen molar-refractivity contribution in [3.8, 4) is 22.6 Å². The van der Waals surface area contributed by atoms with Crippen molar-refractivity contribution in [2.45, 2.75) is 20.3 Å². The zero-order valence-electron chi connectivity index (χ0n) is 13.9. The highest BCUT2D eigenvalue weighted by molar-refractivity contribution is 6.13. The van der Waals surface area contributed by atoms with E-state index in [2.05, 4.69) is 0 Å². The topological polar surface area (TPSA) is 87.7 Å². The van der Waals surface area contributed by atoms with Gasteiger partial charge in [-0.25, -0.2) is 4.79 Å². The Labute approximate surface area is 144 Å². The average Bonchev–Trinajstić information content (AvgIpc) is 2.60. The lowest BCUT2D eigenvalue weighted by atomic mass is 9.92. The van der Waals surface area contributed by atoms with Crippen LogP contribution in [0.15, 0.2) is 51.7 Å². The Balaban J connectivity index is 2.43. The highest BCUT2D eigenvalue weighted by Crippen LogP contribution is 2.40. The number of benzene rings is 2. The summed E-state index contributed by atoms with van der Waals surface area (Å²) < 4.78 is 5.24. The summed E-state index contributed by atoms with van der Waals surface area (Å²) in [7, 11) is 0. The minimum Gasteiger partial charge on any atom is -0.507 e. The molecule has 3 aromatic rings. The van der Waals surface area contributed by atoms with Gasteiger partial charge in [0.05, 0.1) is 5.39 Å². The number of carbonyl (C=O) groups excluding carboxylic acids is 1. The highest BCUT2D eigenvalue weighted by Gasteiger charge is 2.25. The van der Waals surface area contributed by atoms with Crippen molar-refractivity contribution < 1.29 is 19.4 Å². The molecule has 0 fully saturated rings. The van der Waals surface area contributed by atoms with E-state index in [0.717, 1.165) is 6.07 Å². The fourth-order valence-corrected chi connectivity index (χ4v) is 2.83. The van der Waals surface area contributed by atoms with Crippen LogP contribution in [0.4, 0.5) is 0 Å². The average molecular weight is 338 g/mol. The molecule has 2 N–H and O–H groups in total. The molecule has 128 valence electrons. The van der Waals surface area contributed by atoms with Gasteiger partial charge in [-0.3, -0.25) is 4.79 Å². The SMILES string of the molecule is CC[C@@H](C)C(=O)c1c(O)cc(O)c2c(-c3ccccc3)cc(=O)oc12. The van der Waals surface area contributed by atoms with E-state index in [0.29, 0.717) is 17.5 Å². The Kier molecular flexibility index (Phi) is 4.31. The van der Waals surface area contributed by atoms with Crippen LogP contribution in [0.5, 0.6) is 11.5 Å². The number of rotatable bonds is 4. The molecule has 3 rings (SSSR count). The highest BCUT2D eigenvalue weighted by atomic mass is 16.4. The second kappa shape index (κ2) is 6.43. The van der Waals surface area contributed by atoms with Crippen LogP contribution in [0.3, 0.4) is 0 Å². The third kappa shape index (κ3) is 2.89. The lowest BCUT2D eigenvalue weighted by Gasteiger charge is -2.14. The first-order valence-corrected chi connectivity index (χ1v) is 8.06. The smallest absolute Gasteiger partial charge is 0.336 e. The van der Waals surface area contributed by atoms with Crippen LogP contribution < -0.4 is 5.63 Å². The summed E-state index contributed by atoms with van der Waals surface area (Å²) in [6, 6.07) is 11.4. The maximum atomic E-state index is 12.7. The van der Waals surface area contributed by atoms with Crippen LogP contribution >= 0.6 is 0 Å². The second-order valence-corrected chi connectivity index (χ2v) is 6.01. The molecule has 0 unspecified atom stereocenters. The first kappa shape index (κ1) is 16.8. The fraction of sp³-hybridized carbons (Fsp3) is 0.200. The molecule has 1 aromatic heterocycles. The molecule has 1 heterocycles. The Bertz CT molecular complexity index is 1000. The van der Waals surface area contributed by atoms with Gasteiger partial charge in [0, 0.05) is 23.6 Å². The Morgan fingerprint density at radius 3 is 2.44 bits per heavy atom. The minimum atomic E-state index is -0.658. The molecule has 0 saturated heterocycles. The van der Waals surface area contributed by atoms with E-state index in [-0.39, 0.29) is 34.0 Å². The Hall–Kier alpha value is -3.08. The lowest BCUT2D eigenvalue weighted by Crippen LogP contribution is -2.12. The number of hydrogen-bond acceptors (Lipinski definition) is 5. The van der Waals surface area contributed by atoms with Crippen LogP contribution in [0.1, 0.15) is 30.6 Å². The normalized spacial score (nSPS) is 12.2. The summed E-state index contributed by atoms with van der Waals surface area (Å²) in [5.41, 5.74) is 0.326. The number of phenolic OH excluding ortho intramolecular Hbond substituents is 2. The molecule has 0 amide bonds. The number of carbonyl (C=O) groups is 1. The van der Waals surface area contributed by atoms with Gasteiger partial charge in [0.25, 0.3) is 0 Å². The van der Waals surface area contributed by atoms with Crippen molar-refractivity contribution in [1.82, 2.24) is 0 Å². The summed E-state index contributed by atoms with van der Waals surface area (Å²) in [5.74, 6) is -1.35. The van der Waals surface area contributed by atoms with Gasteiger partial charge in [0.2, 0.25) is 0 Å². The third-order valence-corrected chi connectivity index (χ3v) is 4.37. The van der Waals surface area contributed by atoms with Gasteiger partial charge in [-0.1, -0.05) is 44.2 Å². The fourth-order valence-electron chi connectivity index (χ4n) is 2.83. The lowest BCUT2D eigenvalue weighted by molar-refractivity contribution is 0.0925. The summed E-state index contributed by atoms with van der Waals surface area (Å²) in [6.07, 6.45) is 0.573. The van der Waals surface area contributed by atoms with Crippen molar-refractivity contribution in [2.24, 2.45) is 5.92 Å². The van der Waals surface area contributed by atoms with Crippen LogP contribution in [-0.2, 0) is 0 Å². The summed E-state index contributed by atoms with van der Waals surface area (Å²) in [4.78, 5) is 24.8. The number of ketones is 1. The molecular formula is C20H18O5. The quantitative estimate of drug-likeness (QED) is 0.552. The molecule has 25 heavy (non-hydrogen) atoms. The number of hydrogen-bond donors (Lipinski definition) is 2. The Morgan fingerprint density at radius 1 is 1.12 bits per heavy atom. The molecule has 0 spiro atoms. The van der Waals surface area contributed by atoms with Crippen molar-refractivity contribution in [3.63, 3.8) is 0 Å². The van der Waals surface area contributed by atoms with Crippen LogP contribution in [-0.4, -0.2) is 16.0 Å². The van der Waals surface area contributed by atoms with E-state index in [9.17, 15) is 19.8 Å². The van der Waals surface area contributed by atoms with Crippen LogP contribution in [0.2, 0.25) is 0 Å². The maximum absolute atomic E-state index is 12.7. The molecule has 5 nitrogen and oxygen atoms in total. The molecule has 0 aliphatic heterocycles. The predicted octanol–water partition coefficient (Wildman–Crippen LogP) is 4.10. The molecule has 0 aliphatic rings. The van der Waals surface area contributed by atoms with E-state index >= 15 is 0 Å². The molecule has 0 aliphatic carbocycles. The van der Waals surface area contributed by atoms with E-state index in [1.165, 1.54) is 6.07 Å². The first-order valence-electron chi connectivity index (χ1n) is 8.06. The van der Waals surface area contributed by atoms with Gasteiger partial charge in [-0.2, -0.15) is 0 Å².